The predicted octanol–water partition coefficient (Wildman–Crippen LogP) is 3.00. The van der Waals surface area contributed by atoms with Crippen LogP contribution in [0.3, 0.4) is 0 Å². The van der Waals surface area contributed by atoms with Gasteiger partial charge >= 0.3 is 0 Å². The summed E-state index contributed by atoms with van der Waals surface area (Å²) in [6.45, 7) is 4.51. The quantitative estimate of drug-likeness (QED) is 0.547. The Morgan fingerprint density at radius 3 is 2.56 bits per heavy atom. The minimum absolute atomic E-state index is 0.109. The lowest BCUT2D eigenvalue weighted by atomic mass is 9.86. The van der Waals surface area contributed by atoms with Crippen LogP contribution in [0.2, 0.25) is 0 Å². The van der Waals surface area contributed by atoms with E-state index < -0.39 is 28.1 Å². The number of nitrogens with one attached hydrogen (secondary N) is 2. The van der Waals surface area contributed by atoms with Gasteiger partial charge in [-0.3, -0.25) is 14.5 Å². The van der Waals surface area contributed by atoms with E-state index in [1.54, 1.807) is 12.1 Å². The van der Waals surface area contributed by atoms with Gasteiger partial charge in [0.1, 0.15) is 12.2 Å². The standard InChI is InChI=1S/C29H37FN4O4S/c1-20-5-8-24(9-6-20)39(37,38)34-16-13-31-29(36)27(34)18-28(35)32-26-4-2-3-22-17-21(7-10-25(22)26)19-33-14-11-23(30)12-15-33/h5-10,17,23,26-27H,2-4,11-16,18-19H2,1H3,(H,31,36)(H,32,35)/t26-,27-/m1/s1. The van der Waals surface area contributed by atoms with Crippen molar-refractivity contribution in [2.45, 2.75) is 75.1 Å². The summed E-state index contributed by atoms with van der Waals surface area (Å²) < 4.78 is 41.4. The van der Waals surface area contributed by atoms with Gasteiger partial charge < -0.3 is 10.6 Å². The molecule has 10 heteroatoms. The molecule has 0 bridgehead atoms. The highest BCUT2D eigenvalue weighted by molar-refractivity contribution is 7.89. The highest BCUT2D eigenvalue weighted by atomic mass is 32.2. The summed E-state index contributed by atoms with van der Waals surface area (Å²) in [6, 6.07) is 11.5. The molecule has 0 radical (unpaired) electrons. The predicted molar refractivity (Wildman–Crippen MR) is 146 cm³/mol. The SMILES string of the molecule is Cc1ccc(S(=O)(=O)N2CCNC(=O)[C@H]2CC(=O)N[C@@H]2CCCc3cc(CN4CCC(F)CC4)ccc32)cc1. The lowest BCUT2D eigenvalue weighted by Gasteiger charge is -2.34. The van der Waals surface area contributed by atoms with Gasteiger partial charge in [-0.05, 0) is 67.9 Å². The number of hydrogen-bond acceptors (Lipinski definition) is 5. The van der Waals surface area contributed by atoms with E-state index >= 15 is 0 Å². The summed E-state index contributed by atoms with van der Waals surface area (Å²) in [5, 5.41) is 5.79. The summed E-state index contributed by atoms with van der Waals surface area (Å²) in [5.74, 6) is -0.810. The second-order valence-electron chi connectivity index (χ2n) is 10.9. The maximum absolute atomic E-state index is 13.5. The third-order valence-corrected chi connectivity index (χ3v) is 9.99. The van der Waals surface area contributed by atoms with E-state index in [4.69, 9.17) is 0 Å². The van der Waals surface area contributed by atoms with Crippen LogP contribution in [0.25, 0.3) is 0 Å². The Balaban J connectivity index is 1.26. The molecule has 2 amide bonds. The zero-order valence-corrected chi connectivity index (χ0v) is 23.2. The van der Waals surface area contributed by atoms with Crippen LogP contribution in [0.5, 0.6) is 0 Å². The third kappa shape index (κ3) is 6.34. The molecular formula is C29H37FN4O4S. The summed E-state index contributed by atoms with van der Waals surface area (Å²) in [5.41, 5.74) is 4.39. The van der Waals surface area contributed by atoms with Crippen molar-refractivity contribution < 1.29 is 22.4 Å². The van der Waals surface area contributed by atoms with Crippen molar-refractivity contribution >= 4 is 21.8 Å². The van der Waals surface area contributed by atoms with Gasteiger partial charge in [-0.25, -0.2) is 12.8 Å². The fraction of sp³-hybridized carbons (Fsp3) is 0.517. The largest absolute Gasteiger partial charge is 0.353 e. The van der Waals surface area contributed by atoms with Crippen molar-refractivity contribution in [2.24, 2.45) is 0 Å². The average Bonchev–Trinajstić information content (AvgIpc) is 2.91. The molecule has 39 heavy (non-hydrogen) atoms. The zero-order valence-electron chi connectivity index (χ0n) is 22.4. The van der Waals surface area contributed by atoms with Crippen LogP contribution in [0.1, 0.15) is 60.4 Å². The number of benzene rings is 2. The number of carbonyl (C=O) groups is 2. The van der Waals surface area contributed by atoms with Gasteiger partial charge in [0.15, 0.2) is 0 Å². The van der Waals surface area contributed by atoms with E-state index in [-0.39, 0.29) is 36.4 Å². The van der Waals surface area contributed by atoms with Crippen LogP contribution in [0, 0.1) is 6.92 Å². The fourth-order valence-corrected chi connectivity index (χ4v) is 7.47. The third-order valence-electron chi connectivity index (χ3n) is 8.07. The van der Waals surface area contributed by atoms with Gasteiger partial charge in [0.2, 0.25) is 21.8 Å². The Morgan fingerprint density at radius 1 is 1.08 bits per heavy atom. The smallest absolute Gasteiger partial charge is 0.243 e. The minimum Gasteiger partial charge on any atom is -0.353 e. The van der Waals surface area contributed by atoms with Gasteiger partial charge in [0, 0.05) is 32.7 Å². The Bertz CT molecular complexity index is 1310. The lowest BCUT2D eigenvalue weighted by molar-refractivity contribution is -0.132. The number of aryl methyl sites for hydroxylation is 2. The average molecular weight is 557 g/mol. The molecule has 3 aliphatic rings. The molecule has 8 nitrogen and oxygen atoms in total. The van der Waals surface area contributed by atoms with E-state index in [1.165, 1.54) is 23.3 Å². The second kappa shape index (κ2) is 11.7. The number of piperazine rings is 1. The number of likely N-dealkylation sites (tertiary alicyclic amines) is 1. The van der Waals surface area contributed by atoms with E-state index in [0.29, 0.717) is 12.8 Å². The number of alkyl halides is 1. The molecule has 2 atom stereocenters. The number of amides is 2. The minimum atomic E-state index is -3.94. The Hall–Kier alpha value is -2.82. The molecule has 5 rings (SSSR count). The first-order valence-electron chi connectivity index (χ1n) is 13.8. The molecule has 2 aliphatic heterocycles. The van der Waals surface area contributed by atoms with Crippen molar-refractivity contribution in [3.8, 4) is 0 Å². The maximum Gasteiger partial charge on any atom is 0.243 e. The van der Waals surface area contributed by atoms with Crippen LogP contribution in [0.4, 0.5) is 4.39 Å². The van der Waals surface area contributed by atoms with Crippen molar-refractivity contribution in [3.05, 3.63) is 64.7 Å². The topological polar surface area (TPSA) is 98.8 Å². The second-order valence-corrected chi connectivity index (χ2v) is 12.8. The molecule has 2 heterocycles. The molecule has 0 saturated carbocycles. The lowest BCUT2D eigenvalue weighted by Crippen LogP contribution is -2.58. The monoisotopic (exact) mass is 556 g/mol. The van der Waals surface area contributed by atoms with E-state index in [9.17, 15) is 22.4 Å². The summed E-state index contributed by atoms with van der Waals surface area (Å²) in [7, 11) is -3.94. The molecule has 2 aromatic carbocycles. The van der Waals surface area contributed by atoms with Gasteiger partial charge in [-0.2, -0.15) is 4.31 Å². The van der Waals surface area contributed by atoms with Crippen LogP contribution in [0.15, 0.2) is 47.4 Å². The van der Waals surface area contributed by atoms with E-state index in [1.807, 2.05) is 6.92 Å². The summed E-state index contributed by atoms with van der Waals surface area (Å²) >= 11 is 0. The van der Waals surface area contributed by atoms with Crippen molar-refractivity contribution in [3.63, 3.8) is 0 Å². The van der Waals surface area contributed by atoms with Gasteiger partial charge in [-0.1, -0.05) is 35.9 Å². The van der Waals surface area contributed by atoms with Gasteiger partial charge in [0.05, 0.1) is 17.4 Å². The van der Waals surface area contributed by atoms with Crippen LogP contribution in [-0.2, 0) is 32.6 Å². The van der Waals surface area contributed by atoms with Crippen molar-refractivity contribution in [1.82, 2.24) is 19.8 Å². The molecule has 210 valence electrons. The number of fused-ring (bicyclic) bond motifs is 1. The first kappa shape index (κ1) is 27.7. The molecule has 0 spiro atoms. The number of rotatable bonds is 7. The Morgan fingerprint density at radius 2 is 1.82 bits per heavy atom. The Kier molecular flexibility index (Phi) is 8.35. The molecular weight excluding hydrogens is 519 g/mol. The molecule has 2 saturated heterocycles. The van der Waals surface area contributed by atoms with E-state index in [0.717, 1.165) is 54.3 Å². The summed E-state index contributed by atoms with van der Waals surface area (Å²) in [4.78, 5) is 28.3. The highest BCUT2D eigenvalue weighted by Crippen LogP contribution is 2.31. The van der Waals surface area contributed by atoms with Crippen LogP contribution < -0.4 is 10.6 Å². The van der Waals surface area contributed by atoms with E-state index in [2.05, 4.69) is 33.7 Å². The highest BCUT2D eigenvalue weighted by Gasteiger charge is 2.40. The van der Waals surface area contributed by atoms with Gasteiger partial charge in [-0.15, -0.1) is 0 Å². The fourth-order valence-electron chi connectivity index (χ4n) is 5.88. The van der Waals surface area contributed by atoms with Crippen LogP contribution in [-0.4, -0.2) is 67.8 Å². The first-order chi connectivity index (χ1) is 18.7. The molecule has 0 aromatic heterocycles. The van der Waals surface area contributed by atoms with Crippen LogP contribution >= 0.6 is 0 Å². The number of hydrogen-bond donors (Lipinski definition) is 2. The van der Waals surface area contributed by atoms with Crippen molar-refractivity contribution in [1.29, 1.82) is 0 Å². The van der Waals surface area contributed by atoms with Gasteiger partial charge in [0.25, 0.3) is 0 Å². The Labute approximate surface area is 230 Å². The number of carbonyl (C=O) groups excluding carboxylic acids is 2. The van der Waals surface area contributed by atoms with Crippen molar-refractivity contribution in [2.75, 3.05) is 26.2 Å². The molecule has 2 N–H and O–H groups in total. The summed E-state index contributed by atoms with van der Waals surface area (Å²) in [6.07, 6.45) is 2.87. The molecule has 1 aliphatic carbocycles. The number of sulfonamides is 1. The zero-order chi connectivity index (χ0) is 27.6. The number of piperidine rings is 1. The first-order valence-corrected chi connectivity index (χ1v) is 15.3. The number of halogens is 1. The normalized spacial score (nSPS) is 23.2. The molecule has 2 fully saturated rings. The molecule has 2 aromatic rings. The maximum atomic E-state index is 13.5. The molecule has 0 unspecified atom stereocenters. The number of nitrogens with zero attached hydrogens (tertiary/aromatic N) is 2.